The minimum Gasteiger partial charge on any atom is -0.436 e. The third-order valence-electron chi connectivity index (χ3n) is 4.15. The van der Waals surface area contributed by atoms with Crippen LogP contribution >= 0.6 is 23.2 Å². The van der Waals surface area contributed by atoms with Crippen molar-refractivity contribution in [3.05, 3.63) is 33.8 Å². The number of carbonyl (C=O) groups excluding carboxylic acids is 3. The van der Waals surface area contributed by atoms with Crippen LogP contribution in [0.2, 0.25) is 10.0 Å². The zero-order chi connectivity index (χ0) is 21.3. The number of anilines is 1. The van der Waals surface area contributed by atoms with Crippen LogP contribution in [0.1, 0.15) is 20.3 Å². The van der Waals surface area contributed by atoms with Gasteiger partial charge in [0.2, 0.25) is 17.4 Å². The average Bonchev–Trinajstić information content (AvgIpc) is 2.65. The highest BCUT2D eigenvalue weighted by Crippen LogP contribution is 2.38. The highest BCUT2D eigenvalue weighted by Gasteiger charge is 2.30. The molecular weight excluding hydrogens is 419 g/mol. The third kappa shape index (κ3) is 4.21. The van der Waals surface area contributed by atoms with E-state index >= 15 is 0 Å². The maximum atomic E-state index is 12.1. The zero-order valence-electron chi connectivity index (χ0n) is 15.4. The lowest BCUT2D eigenvalue weighted by Gasteiger charge is -2.22. The number of benzene rings is 1. The zero-order valence-corrected chi connectivity index (χ0v) is 16.9. The molecule has 0 atom stereocenters. The van der Waals surface area contributed by atoms with Gasteiger partial charge in [0.15, 0.2) is 11.5 Å². The van der Waals surface area contributed by atoms with Gasteiger partial charge in [0.1, 0.15) is 12.6 Å². The number of rotatable bonds is 3. The maximum Gasteiger partial charge on any atom is 0.255 e. The smallest absolute Gasteiger partial charge is 0.255 e. The van der Waals surface area contributed by atoms with E-state index in [2.05, 4.69) is 10.1 Å². The normalized spacial score (nSPS) is 17.0. The number of hydrazone groups is 1. The predicted molar refractivity (Wildman–Crippen MR) is 107 cm³/mol. The van der Waals surface area contributed by atoms with Gasteiger partial charge in [-0.3, -0.25) is 14.4 Å². The number of hydrogen-bond acceptors (Lipinski definition) is 7. The number of halogens is 2. The van der Waals surface area contributed by atoms with Crippen LogP contribution in [0.4, 0.5) is 5.69 Å². The average molecular weight is 433 g/mol. The van der Waals surface area contributed by atoms with Crippen molar-refractivity contribution in [1.29, 1.82) is 5.26 Å². The Bertz CT molecular complexity index is 1040. The van der Waals surface area contributed by atoms with E-state index in [4.69, 9.17) is 33.2 Å². The quantitative estimate of drug-likeness (QED) is 0.680. The van der Waals surface area contributed by atoms with E-state index in [0.717, 1.165) is 5.01 Å². The highest BCUT2D eigenvalue weighted by molar-refractivity contribution is 6.50. The van der Waals surface area contributed by atoms with Crippen molar-refractivity contribution in [1.82, 2.24) is 0 Å². The molecule has 1 amide bonds. The second-order valence-corrected chi connectivity index (χ2v) is 7.35. The number of ether oxygens (including phenoxy) is 1. The van der Waals surface area contributed by atoms with E-state index in [1.54, 1.807) is 12.1 Å². The summed E-state index contributed by atoms with van der Waals surface area (Å²) < 4.78 is 5.69. The Hall–Kier alpha value is -3.02. The van der Waals surface area contributed by atoms with Crippen LogP contribution in [0.25, 0.3) is 0 Å². The predicted octanol–water partition coefficient (Wildman–Crippen LogP) is 3.12. The number of Topliss-reactive ketones (excluding diaryl/α,β-unsaturated/α-hetero) is 2. The molecule has 3 rings (SSSR count). The molecule has 2 aliphatic heterocycles. The molecule has 0 radical (unpaired) electrons. The summed E-state index contributed by atoms with van der Waals surface area (Å²) in [5.41, 5.74) is 0.377. The first-order valence-electron chi connectivity index (χ1n) is 8.52. The van der Waals surface area contributed by atoms with Gasteiger partial charge in [0, 0.05) is 11.6 Å². The van der Waals surface area contributed by atoms with Crippen molar-refractivity contribution in [2.24, 2.45) is 16.0 Å². The monoisotopic (exact) mass is 432 g/mol. The van der Waals surface area contributed by atoms with E-state index in [-0.39, 0.29) is 51.3 Å². The van der Waals surface area contributed by atoms with Gasteiger partial charge in [-0.2, -0.15) is 15.4 Å². The number of hydrogen-bond donors (Lipinski definition) is 0. The standard InChI is InChI=1S/C19H14Cl2N4O4/c1-9(2)11-5-17(23-8-16(11)27)29-19-12(20)3-10(4-13(19)21)25-18(28)6-15(26)14(7-22)24-25/h3-5,9H,6,8H2,1-2H3. The topological polar surface area (TPSA) is 112 Å². The Morgan fingerprint density at radius 3 is 2.41 bits per heavy atom. The lowest BCUT2D eigenvalue weighted by molar-refractivity contribution is -0.124. The van der Waals surface area contributed by atoms with Gasteiger partial charge in [-0.15, -0.1) is 0 Å². The summed E-state index contributed by atoms with van der Waals surface area (Å²) in [5, 5.41) is 13.7. The van der Waals surface area contributed by atoms with Crippen LogP contribution in [-0.2, 0) is 14.4 Å². The minimum atomic E-state index is -0.650. The molecule has 2 aliphatic rings. The molecule has 1 aromatic rings. The number of carbonyl (C=O) groups is 3. The first kappa shape index (κ1) is 20.7. The summed E-state index contributed by atoms with van der Waals surface area (Å²) in [6.07, 6.45) is 1.06. The summed E-state index contributed by atoms with van der Waals surface area (Å²) in [6, 6.07) is 4.39. The van der Waals surface area contributed by atoms with Gasteiger partial charge in [-0.25, -0.2) is 4.99 Å². The molecule has 0 aliphatic carbocycles. The van der Waals surface area contributed by atoms with Crippen LogP contribution in [0.15, 0.2) is 33.9 Å². The number of dihydropyridines is 1. The molecule has 2 heterocycles. The van der Waals surface area contributed by atoms with Gasteiger partial charge < -0.3 is 4.74 Å². The van der Waals surface area contributed by atoms with Crippen LogP contribution in [0, 0.1) is 17.2 Å². The van der Waals surface area contributed by atoms with E-state index < -0.39 is 18.1 Å². The SMILES string of the molecule is CC(C)C1=CC(Oc2c(Cl)cc(N3N=C(C#N)C(=O)CC3=O)cc2Cl)=NCC1=O. The molecular formula is C19H14Cl2N4O4. The Balaban J connectivity index is 1.92. The van der Waals surface area contributed by atoms with Crippen molar-refractivity contribution in [2.45, 2.75) is 20.3 Å². The Kier molecular flexibility index (Phi) is 5.82. The molecule has 0 fully saturated rings. The fourth-order valence-corrected chi connectivity index (χ4v) is 3.27. The van der Waals surface area contributed by atoms with E-state index in [1.807, 2.05) is 13.8 Å². The highest BCUT2D eigenvalue weighted by atomic mass is 35.5. The second-order valence-electron chi connectivity index (χ2n) is 6.54. The van der Waals surface area contributed by atoms with Crippen LogP contribution in [0.3, 0.4) is 0 Å². The molecule has 0 unspecified atom stereocenters. The lowest BCUT2D eigenvalue weighted by atomic mass is 9.97. The first-order chi connectivity index (χ1) is 13.7. The maximum absolute atomic E-state index is 12.1. The molecule has 0 saturated heterocycles. The first-order valence-corrected chi connectivity index (χ1v) is 9.27. The minimum absolute atomic E-state index is 0.00457. The van der Waals surface area contributed by atoms with Crippen molar-refractivity contribution >= 4 is 58.0 Å². The largest absolute Gasteiger partial charge is 0.436 e. The van der Waals surface area contributed by atoms with Crippen molar-refractivity contribution < 1.29 is 19.1 Å². The van der Waals surface area contributed by atoms with Crippen molar-refractivity contribution in [3.8, 4) is 11.8 Å². The van der Waals surface area contributed by atoms with E-state index in [1.165, 1.54) is 12.1 Å². The number of aliphatic imine (C=N–C) groups is 1. The van der Waals surface area contributed by atoms with Gasteiger partial charge in [-0.1, -0.05) is 37.0 Å². The molecule has 0 N–H and O–H groups in total. The summed E-state index contributed by atoms with van der Waals surface area (Å²) >= 11 is 12.6. The molecule has 8 nitrogen and oxygen atoms in total. The fourth-order valence-electron chi connectivity index (χ4n) is 2.72. The summed E-state index contributed by atoms with van der Waals surface area (Å²) in [7, 11) is 0. The van der Waals surface area contributed by atoms with Gasteiger partial charge in [0.05, 0.1) is 22.2 Å². The molecule has 0 bridgehead atoms. The molecule has 1 aromatic carbocycles. The van der Waals surface area contributed by atoms with Gasteiger partial charge in [0.25, 0.3) is 5.91 Å². The van der Waals surface area contributed by atoms with Crippen LogP contribution < -0.4 is 9.75 Å². The fraction of sp³-hybridized carbons (Fsp3) is 0.263. The van der Waals surface area contributed by atoms with Crippen LogP contribution in [0.5, 0.6) is 5.75 Å². The third-order valence-corrected chi connectivity index (χ3v) is 4.72. The molecule has 148 valence electrons. The number of ketones is 2. The molecule has 29 heavy (non-hydrogen) atoms. The van der Waals surface area contributed by atoms with Crippen LogP contribution in [-0.4, -0.2) is 35.6 Å². The summed E-state index contributed by atoms with van der Waals surface area (Å²) in [4.78, 5) is 39.7. The number of amides is 1. The van der Waals surface area contributed by atoms with Gasteiger partial charge >= 0.3 is 0 Å². The van der Waals surface area contributed by atoms with Crippen molar-refractivity contribution in [3.63, 3.8) is 0 Å². The Morgan fingerprint density at radius 2 is 1.83 bits per heavy atom. The number of nitrogens with zero attached hydrogens (tertiary/aromatic N) is 4. The number of nitriles is 1. The van der Waals surface area contributed by atoms with E-state index in [9.17, 15) is 14.4 Å². The second kappa shape index (κ2) is 8.15. The van der Waals surface area contributed by atoms with E-state index in [0.29, 0.717) is 5.57 Å². The molecule has 10 heteroatoms. The molecule has 0 aromatic heterocycles. The molecule has 0 saturated carbocycles. The lowest BCUT2D eigenvalue weighted by Crippen LogP contribution is -2.36. The molecule has 0 spiro atoms. The summed E-state index contributed by atoms with van der Waals surface area (Å²) in [6.45, 7) is 3.74. The summed E-state index contributed by atoms with van der Waals surface area (Å²) in [5.74, 6) is -1.06. The Morgan fingerprint density at radius 1 is 1.17 bits per heavy atom. The Labute approximate surface area is 176 Å². The van der Waals surface area contributed by atoms with Crippen molar-refractivity contribution in [2.75, 3.05) is 11.6 Å². The van der Waals surface area contributed by atoms with Gasteiger partial charge in [-0.05, 0) is 18.1 Å².